The molecule has 0 spiro atoms. The fourth-order valence-corrected chi connectivity index (χ4v) is 4.20. The number of aryl methyl sites for hydroxylation is 1. The number of hydrogen-bond donors (Lipinski definition) is 3. The first-order chi connectivity index (χ1) is 16.1. The van der Waals surface area contributed by atoms with Gasteiger partial charge in [-0.15, -0.1) is 0 Å². The van der Waals surface area contributed by atoms with E-state index in [4.69, 9.17) is 4.98 Å². The lowest BCUT2D eigenvalue weighted by Gasteiger charge is -2.20. The first-order valence-corrected chi connectivity index (χ1v) is 11.6. The molecule has 4 aromatic rings. The number of carbonyl (C=O) groups is 1. The average Bonchev–Trinajstić information content (AvgIpc) is 3.61. The maximum absolute atomic E-state index is 13.1. The molecule has 0 saturated heterocycles. The number of hydrogen-bond acceptors (Lipinski definition) is 4. The highest BCUT2D eigenvalue weighted by Gasteiger charge is 2.29. The van der Waals surface area contributed by atoms with Crippen LogP contribution >= 0.6 is 0 Å². The molecule has 33 heavy (non-hydrogen) atoms. The molecular weight excluding hydrogens is 410 g/mol. The maximum atomic E-state index is 13.1. The van der Waals surface area contributed by atoms with E-state index in [1.807, 2.05) is 62.6 Å². The lowest BCUT2D eigenvalue weighted by molar-refractivity contribution is -0.121. The Kier molecular flexibility index (Phi) is 5.82. The molecule has 2 aromatic heterocycles. The Hall–Kier alpha value is -3.67. The van der Waals surface area contributed by atoms with Crippen molar-refractivity contribution in [2.75, 3.05) is 12.4 Å². The molecule has 5 rings (SSSR count). The van der Waals surface area contributed by atoms with Crippen LogP contribution in [0, 0.1) is 6.92 Å². The number of aromatic amines is 1. The number of rotatable bonds is 8. The van der Waals surface area contributed by atoms with Gasteiger partial charge in [0.1, 0.15) is 11.6 Å². The smallest absolute Gasteiger partial charge is 0.224 e. The van der Waals surface area contributed by atoms with E-state index >= 15 is 0 Å². The Morgan fingerprint density at radius 2 is 1.91 bits per heavy atom. The summed E-state index contributed by atoms with van der Waals surface area (Å²) in [6, 6.07) is 18.0. The van der Waals surface area contributed by atoms with Crippen molar-refractivity contribution in [1.29, 1.82) is 0 Å². The first kappa shape index (κ1) is 21.2. The summed E-state index contributed by atoms with van der Waals surface area (Å²) in [5.41, 5.74) is 5.28. The zero-order valence-electron chi connectivity index (χ0n) is 19.1. The molecule has 1 saturated carbocycles. The second-order valence-electron chi connectivity index (χ2n) is 8.91. The second kappa shape index (κ2) is 9.06. The summed E-state index contributed by atoms with van der Waals surface area (Å²) in [6.07, 6.45) is 5.27. The van der Waals surface area contributed by atoms with E-state index in [-0.39, 0.29) is 11.9 Å². The Morgan fingerprint density at radius 3 is 2.67 bits per heavy atom. The first-order valence-electron chi connectivity index (χ1n) is 11.6. The van der Waals surface area contributed by atoms with Crippen molar-refractivity contribution in [3.05, 3.63) is 89.0 Å². The van der Waals surface area contributed by atoms with Gasteiger partial charge < -0.3 is 15.6 Å². The van der Waals surface area contributed by atoms with Gasteiger partial charge in [0.25, 0.3) is 0 Å². The SMILES string of the molecule is CNc1cc([C@H](Cc2c[nH]c3ccccc23)NC(=O)Cc2ccc(C)cc2)nc(C2CC2)n1. The Labute approximate surface area is 193 Å². The predicted molar refractivity (Wildman–Crippen MR) is 131 cm³/mol. The fourth-order valence-electron chi connectivity index (χ4n) is 4.20. The minimum atomic E-state index is -0.255. The topological polar surface area (TPSA) is 82.7 Å². The molecule has 0 bridgehead atoms. The van der Waals surface area contributed by atoms with Crippen LogP contribution in [0.3, 0.4) is 0 Å². The van der Waals surface area contributed by atoms with Crippen LogP contribution in [0.25, 0.3) is 10.9 Å². The van der Waals surface area contributed by atoms with Crippen molar-refractivity contribution in [3.63, 3.8) is 0 Å². The van der Waals surface area contributed by atoms with E-state index in [9.17, 15) is 4.79 Å². The maximum Gasteiger partial charge on any atom is 0.224 e. The summed E-state index contributed by atoms with van der Waals surface area (Å²) < 4.78 is 0. The summed E-state index contributed by atoms with van der Waals surface area (Å²) in [5, 5.41) is 7.60. The van der Waals surface area contributed by atoms with Crippen molar-refractivity contribution < 1.29 is 4.79 Å². The molecule has 2 heterocycles. The van der Waals surface area contributed by atoms with Crippen LogP contribution in [0.1, 0.15) is 53.0 Å². The van der Waals surface area contributed by atoms with Crippen molar-refractivity contribution in [3.8, 4) is 0 Å². The summed E-state index contributed by atoms with van der Waals surface area (Å²) in [4.78, 5) is 26.0. The van der Waals surface area contributed by atoms with E-state index in [2.05, 4.69) is 32.7 Å². The van der Waals surface area contributed by atoms with Gasteiger partial charge in [-0.3, -0.25) is 4.79 Å². The summed E-state index contributed by atoms with van der Waals surface area (Å²) >= 11 is 0. The fraction of sp³-hybridized carbons (Fsp3) is 0.296. The van der Waals surface area contributed by atoms with Crippen molar-refractivity contribution in [2.45, 2.75) is 44.6 Å². The molecule has 168 valence electrons. The van der Waals surface area contributed by atoms with Crippen molar-refractivity contribution in [1.82, 2.24) is 20.3 Å². The largest absolute Gasteiger partial charge is 0.373 e. The standard InChI is InChI=1S/C27H29N5O/c1-17-7-9-18(10-8-17)13-26(33)30-23(14-20-16-29-22-6-4-3-5-21(20)22)24-15-25(28-2)32-27(31-24)19-11-12-19/h3-10,15-16,19,23,29H,11-14H2,1-2H3,(H,30,33)(H,28,31,32)/t23-/m0/s1. The van der Waals surface area contributed by atoms with Crippen LogP contribution in [0.15, 0.2) is 60.8 Å². The number of amides is 1. The molecule has 1 amide bonds. The highest BCUT2D eigenvalue weighted by molar-refractivity contribution is 5.83. The van der Waals surface area contributed by atoms with E-state index in [0.717, 1.165) is 46.8 Å². The minimum absolute atomic E-state index is 0.0127. The third-order valence-electron chi connectivity index (χ3n) is 6.24. The number of aromatic nitrogens is 3. The highest BCUT2D eigenvalue weighted by Crippen LogP contribution is 2.39. The van der Waals surface area contributed by atoms with Crippen LogP contribution in [0.4, 0.5) is 5.82 Å². The molecule has 0 radical (unpaired) electrons. The normalized spacial score (nSPS) is 14.2. The molecule has 0 aliphatic heterocycles. The number of fused-ring (bicyclic) bond motifs is 1. The number of nitrogens with one attached hydrogen (secondary N) is 3. The lowest BCUT2D eigenvalue weighted by atomic mass is 10.0. The third kappa shape index (κ3) is 4.90. The number of para-hydroxylation sites is 1. The van der Waals surface area contributed by atoms with Gasteiger partial charge in [-0.25, -0.2) is 9.97 Å². The van der Waals surface area contributed by atoms with Crippen LogP contribution in [-0.4, -0.2) is 27.9 Å². The molecule has 2 aromatic carbocycles. The summed E-state index contributed by atoms with van der Waals surface area (Å²) in [7, 11) is 1.87. The Morgan fingerprint density at radius 1 is 1.12 bits per heavy atom. The van der Waals surface area contributed by atoms with Gasteiger partial charge in [0, 0.05) is 42.6 Å². The number of anilines is 1. The van der Waals surface area contributed by atoms with E-state index in [0.29, 0.717) is 18.8 Å². The summed E-state index contributed by atoms with van der Waals surface area (Å²) in [5.74, 6) is 2.07. The molecule has 1 aliphatic rings. The van der Waals surface area contributed by atoms with Gasteiger partial charge in [-0.1, -0.05) is 48.0 Å². The molecule has 0 unspecified atom stereocenters. The van der Waals surface area contributed by atoms with Crippen LogP contribution in [0.5, 0.6) is 0 Å². The second-order valence-corrected chi connectivity index (χ2v) is 8.91. The van der Waals surface area contributed by atoms with Crippen LogP contribution in [-0.2, 0) is 17.6 Å². The van der Waals surface area contributed by atoms with Gasteiger partial charge >= 0.3 is 0 Å². The molecule has 6 heteroatoms. The van der Waals surface area contributed by atoms with Gasteiger partial charge in [0.15, 0.2) is 0 Å². The van der Waals surface area contributed by atoms with Crippen LogP contribution in [0.2, 0.25) is 0 Å². The van der Waals surface area contributed by atoms with E-state index < -0.39 is 0 Å². The predicted octanol–water partition coefficient (Wildman–Crippen LogP) is 4.83. The zero-order valence-corrected chi connectivity index (χ0v) is 19.1. The lowest BCUT2D eigenvalue weighted by Crippen LogP contribution is -2.32. The third-order valence-corrected chi connectivity index (χ3v) is 6.24. The molecular formula is C27H29N5O. The molecule has 1 aliphatic carbocycles. The number of nitrogens with zero attached hydrogens (tertiary/aromatic N) is 2. The minimum Gasteiger partial charge on any atom is -0.373 e. The van der Waals surface area contributed by atoms with Gasteiger partial charge in [-0.2, -0.15) is 0 Å². The Bertz CT molecular complexity index is 1270. The number of H-pyrrole nitrogens is 1. The molecule has 1 fully saturated rings. The van der Waals surface area contributed by atoms with E-state index in [1.165, 1.54) is 10.9 Å². The zero-order chi connectivity index (χ0) is 22.8. The van der Waals surface area contributed by atoms with Gasteiger partial charge in [0.05, 0.1) is 18.2 Å². The van der Waals surface area contributed by atoms with Crippen molar-refractivity contribution in [2.24, 2.45) is 0 Å². The molecule has 1 atom stereocenters. The molecule has 6 nitrogen and oxygen atoms in total. The van der Waals surface area contributed by atoms with Crippen LogP contribution < -0.4 is 10.6 Å². The average molecular weight is 440 g/mol. The van der Waals surface area contributed by atoms with Crippen molar-refractivity contribution >= 4 is 22.6 Å². The summed E-state index contributed by atoms with van der Waals surface area (Å²) in [6.45, 7) is 2.05. The monoisotopic (exact) mass is 439 g/mol. The van der Waals surface area contributed by atoms with E-state index in [1.54, 1.807) is 0 Å². The highest BCUT2D eigenvalue weighted by atomic mass is 16.1. The number of carbonyl (C=O) groups excluding carboxylic acids is 1. The van der Waals surface area contributed by atoms with Gasteiger partial charge in [-0.05, 0) is 37.0 Å². The quantitative estimate of drug-likeness (QED) is 0.367. The molecule has 3 N–H and O–H groups in total. The number of benzene rings is 2. The van der Waals surface area contributed by atoms with Gasteiger partial charge in [0.2, 0.25) is 5.91 Å². The Balaban J connectivity index is 1.45.